The van der Waals surface area contributed by atoms with Crippen LogP contribution in [0.25, 0.3) is 0 Å². The predicted octanol–water partition coefficient (Wildman–Crippen LogP) is 19.4. The molecule has 0 saturated carbocycles. The van der Waals surface area contributed by atoms with Gasteiger partial charge in [0.1, 0.15) is 19.3 Å². The van der Waals surface area contributed by atoms with Gasteiger partial charge in [-0.05, 0) is 31.6 Å². The Morgan fingerprint density at radius 3 is 0.782 bits per heavy atom. The molecule has 3 N–H and O–H groups in total. The van der Waals surface area contributed by atoms with Crippen molar-refractivity contribution in [2.75, 3.05) is 39.6 Å². The second-order valence-electron chi connectivity index (χ2n) is 25.0. The van der Waals surface area contributed by atoms with Crippen LogP contribution in [0.3, 0.4) is 0 Å². The van der Waals surface area contributed by atoms with Crippen molar-refractivity contribution in [2.45, 2.75) is 368 Å². The van der Waals surface area contributed by atoms with E-state index in [-0.39, 0.29) is 25.7 Å². The smallest absolute Gasteiger partial charge is 0.462 e. The molecular formula is C68H132O17P2. The summed E-state index contributed by atoms with van der Waals surface area (Å²) in [5.41, 5.74) is 0. The Labute approximate surface area is 530 Å². The van der Waals surface area contributed by atoms with E-state index in [0.717, 1.165) is 109 Å². The van der Waals surface area contributed by atoms with Crippen molar-refractivity contribution in [2.24, 2.45) is 5.92 Å². The number of phosphoric acid groups is 2. The number of rotatable bonds is 68. The largest absolute Gasteiger partial charge is 0.472 e. The number of aliphatic hydroxyl groups excluding tert-OH is 1. The Bertz CT molecular complexity index is 1690. The van der Waals surface area contributed by atoms with Crippen LogP contribution in [0, 0.1) is 5.92 Å². The van der Waals surface area contributed by atoms with E-state index in [1.807, 2.05) is 0 Å². The molecule has 87 heavy (non-hydrogen) atoms. The Kier molecular flexibility index (Phi) is 60.2. The molecule has 0 rings (SSSR count). The minimum absolute atomic E-state index is 0.105. The van der Waals surface area contributed by atoms with Crippen LogP contribution in [0.15, 0.2) is 0 Å². The zero-order chi connectivity index (χ0) is 64.2. The van der Waals surface area contributed by atoms with E-state index < -0.39 is 97.5 Å². The number of carbonyl (C=O) groups is 4. The molecule has 0 bridgehead atoms. The molecule has 5 atom stereocenters. The average Bonchev–Trinajstić information content (AvgIpc) is 3.56. The van der Waals surface area contributed by atoms with E-state index in [0.29, 0.717) is 25.7 Å². The number of hydrogen-bond acceptors (Lipinski definition) is 15. The summed E-state index contributed by atoms with van der Waals surface area (Å²) in [7, 11) is -9.89. The molecule has 516 valence electrons. The van der Waals surface area contributed by atoms with Crippen molar-refractivity contribution in [3.05, 3.63) is 0 Å². The SMILES string of the molecule is CCCCCCCCCCCCCCCCCCCCCCC(=O)O[C@H](COC(=O)CCCCCCCCCCC(C)C)COP(=O)(O)OC[C@@H](O)COP(=O)(O)OC[C@@H](COC(=O)CCCCCCCCC)OC(=O)CCCCCCCCCCC. The highest BCUT2D eigenvalue weighted by Gasteiger charge is 2.30. The summed E-state index contributed by atoms with van der Waals surface area (Å²) >= 11 is 0. The zero-order valence-electron chi connectivity index (χ0n) is 56.2. The van der Waals surface area contributed by atoms with E-state index in [9.17, 15) is 43.2 Å². The number of unbranched alkanes of at least 4 members (excludes halogenated alkanes) is 40. The Balaban J connectivity index is 5.13. The van der Waals surface area contributed by atoms with Gasteiger partial charge in [0.2, 0.25) is 0 Å². The van der Waals surface area contributed by atoms with E-state index in [2.05, 4.69) is 34.6 Å². The molecule has 0 aliphatic heterocycles. The lowest BCUT2D eigenvalue weighted by atomic mass is 10.0. The van der Waals surface area contributed by atoms with Gasteiger partial charge in [0, 0.05) is 25.7 Å². The molecule has 2 unspecified atom stereocenters. The van der Waals surface area contributed by atoms with Gasteiger partial charge < -0.3 is 33.8 Å². The number of ether oxygens (including phenoxy) is 4. The Morgan fingerprint density at radius 1 is 0.310 bits per heavy atom. The molecule has 0 aromatic heterocycles. The van der Waals surface area contributed by atoms with Gasteiger partial charge in [0.05, 0.1) is 26.4 Å². The molecular weight excluding hydrogens is 1150 g/mol. The van der Waals surface area contributed by atoms with E-state index in [4.69, 9.17) is 37.0 Å². The lowest BCUT2D eigenvalue weighted by Crippen LogP contribution is -2.30. The summed E-state index contributed by atoms with van der Waals surface area (Å²) < 4.78 is 68.0. The van der Waals surface area contributed by atoms with Crippen molar-refractivity contribution in [3.63, 3.8) is 0 Å². The first-order chi connectivity index (χ1) is 42.0. The third-order valence-electron chi connectivity index (χ3n) is 15.8. The fourth-order valence-corrected chi connectivity index (χ4v) is 11.9. The summed E-state index contributed by atoms with van der Waals surface area (Å²) in [4.78, 5) is 72.2. The average molecular weight is 1280 g/mol. The van der Waals surface area contributed by atoms with Crippen molar-refractivity contribution >= 4 is 39.5 Å². The van der Waals surface area contributed by atoms with Crippen LogP contribution >= 0.6 is 15.6 Å². The second-order valence-corrected chi connectivity index (χ2v) is 27.9. The lowest BCUT2D eigenvalue weighted by Gasteiger charge is -2.21. The van der Waals surface area contributed by atoms with Crippen molar-refractivity contribution in [1.29, 1.82) is 0 Å². The molecule has 19 heteroatoms. The van der Waals surface area contributed by atoms with Crippen LogP contribution in [0.4, 0.5) is 0 Å². The molecule has 0 aromatic rings. The molecule has 0 amide bonds. The molecule has 0 saturated heterocycles. The van der Waals surface area contributed by atoms with Gasteiger partial charge in [-0.1, -0.05) is 298 Å². The maximum Gasteiger partial charge on any atom is 0.472 e. The number of esters is 4. The first-order valence-corrected chi connectivity index (χ1v) is 38.6. The highest BCUT2D eigenvalue weighted by atomic mass is 31.2. The van der Waals surface area contributed by atoms with Gasteiger partial charge >= 0.3 is 39.5 Å². The highest BCUT2D eigenvalue weighted by molar-refractivity contribution is 7.47. The van der Waals surface area contributed by atoms with Crippen LogP contribution in [0.5, 0.6) is 0 Å². The minimum atomic E-state index is -4.95. The monoisotopic (exact) mass is 1280 g/mol. The maximum atomic E-state index is 13.0. The van der Waals surface area contributed by atoms with E-state index >= 15 is 0 Å². The third-order valence-corrected chi connectivity index (χ3v) is 17.7. The number of hydrogen-bond donors (Lipinski definition) is 3. The molecule has 0 fully saturated rings. The summed E-state index contributed by atoms with van der Waals surface area (Å²) in [6.45, 7) is 7.13. The summed E-state index contributed by atoms with van der Waals surface area (Å²) in [5.74, 6) is -1.41. The summed E-state index contributed by atoms with van der Waals surface area (Å²) in [6, 6.07) is 0. The van der Waals surface area contributed by atoms with E-state index in [1.165, 1.54) is 161 Å². The van der Waals surface area contributed by atoms with Crippen LogP contribution in [-0.4, -0.2) is 96.7 Å². The number of carbonyl (C=O) groups excluding carboxylic acids is 4. The molecule has 0 radical (unpaired) electrons. The van der Waals surface area contributed by atoms with Gasteiger partial charge in [-0.15, -0.1) is 0 Å². The molecule has 0 heterocycles. The zero-order valence-corrected chi connectivity index (χ0v) is 57.9. The van der Waals surface area contributed by atoms with Crippen LogP contribution in [0.2, 0.25) is 0 Å². The second kappa shape index (κ2) is 61.6. The molecule has 0 spiro atoms. The van der Waals surface area contributed by atoms with Crippen molar-refractivity contribution < 1.29 is 80.2 Å². The summed E-state index contributed by atoms with van der Waals surface area (Å²) in [6.07, 6.45) is 47.5. The molecule has 0 aliphatic rings. The van der Waals surface area contributed by atoms with Gasteiger partial charge in [-0.3, -0.25) is 37.3 Å². The first-order valence-electron chi connectivity index (χ1n) is 35.6. The van der Waals surface area contributed by atoms with Crippen LogP contribution in [0.1, 0.15) is 349 Å². The lowest BCUT2D eigenvalue weighted by molar-refractivity contribution is -0.161. The molecule has 17 nitrogen and oxygen atoms in total. The Morgan fingerprint density at radius 2 is 0.529 bits per heavy atom. The highest BCUT2D eigenvalue weighted by Crippen LogP contribution is 2.45. The number of phosphoric ester groups is 2. The molecule has 0 aliphatic carbocycles. The fraction of sp³-hybridized carbons (Fsp3) is 0.941. The van der Waals surface area contributed by atoms with Gasteiger partial charge in [0.15, 0.2) is 12.2 Å². The molecule has 0 aromatic carbocycles. The van der Waals surface area contributed by atoms with Crippen LogP contribution < -0.4 is 0 Å². The normalized spacial score (nSPS) is 14.1. The first kappa shape index (κ1) is 85.1. The van der Waals surface area contributed by atoms with Crippen molar-refractivity contribution in [3.8, 4) is 0 Å². The topological polar surface area (TPSA) is 237 Å². The fourth-order valence-electron chi connectivity index (χ4n) is 10.3. The van der Waals surface area contributed by atoms with Crippen molar-refractivity contribution in [1.82, 2.24) is 0 Å². The van der Waals surface area contributed by atoms with Gasteiger partial charge in [-0.25, -0.2) is 9.13 Å². The van der Waals surface area contributed by atoms with Crippen LogP contribution in [-0.2, 0) is 65.4 Å². The number of aliphatic hydroxyl groups is 1. The van der Waals surface area contributed by atoms with Gasteiger partial charge in [-0.2, -0.15) is 0 Å². The summed E-state index contributed by atoms with van der Waals surface area (Å²) in [5, 5.41) is 10.5. The minimum Gasteiger partial charge on any atom is -0.462 e. The maximum absolute atomic E-state index is 13.0. The quantitative estimate of drug-likeness (QED) is 0.0222. The Hall–Kier alpha value is -1.94. The van der Waals surface area contributed by atoms with E-state index in [1.54, 1.807) is 0 Å². The van der Waals surface area contributed by atoms with Gasteiger partial charge in [0.25, 0.3) is 0 Å². The third kappa shape index (κ3) is 62.6. The standard InChI is InChI=1S/C68H132O17P2/c1-6-9-12-15-18-20-21-22-23-24-25-26-27-28-29-30-32-39-44-49-54-68(73)85-64(58-79-66(71)52-47-42-37-34-33-36-40-45-50-61(4)5)60-83-87(76,77)81-56-62(69)55-80-86(74,75)82-59-63(57-78-65(70)51-46-41-35-17-14-11-8-3)84-67(72)53-48-43-38-31-19-16-13-10-7-2/h61-64,69H,6-60H2,1-5H3,(H,74,75)(H,76,77)/t62-,63+,64+/m0/s1. The predicted molar refractivity (Wildman–Crippen MR) is 349 cm³/mol.